The molecule has 0 fully saturated rings. The second kappa shape index (κ2) is 10.6. The number of hydrogen-bond donors (Lipinski definition) is 2. The lowest BCUT2D eigenvalue weighted by molar-refractivity contribution is 0.607. The number of rotatable bonds is 6. The smallest absolute Gasteiger partial charge is 0.191 e. The molecule has 1 heterocycles. The Balaban J connectivity index is 0.00000364. The van der Waals surface area contributed by atoms with Crippen LogP contribution in [0.2, 0.25) is 0 Å². The van der Waals surface area contributed by atoms with E-state index in [0.29, 0.717) is 18.1 Å². The molecule has 0 saturated heterocycles. The molecule has 0 bridgehead atoms. The fourth-order valence-corrected chi connectivity index (χ4v) is 3.13. The SMILES string of the molecule is CCc1nn(C)c(CC)c1CNC(=NC)NC(C)c1ccc(C)c(F)c1.I. The highest BCUT2D eigenvalue weighted by atomic mass is 127. The van der Waals surface area contributed by atoms with Crippen molar-refractivity contribution in [3.05, 3.63) is 52.1 Å². The van der Waals surface area contributed by atoms with E-state index >= 15 is 0 Å². The van der Waals surface area contributed by atoms with Crippen LogP contribution in [0.3, 0.4) is 0 Å². The van der Waals surface area contributed by atoms with Crippen molar-refractivity contribution in [2.24, 2.45) is 12.0 Å². The van der Waals surface area contributed by atoms with Gasteiger partial charge in [0.2, 0.25) is 0 Å². The minimum atomic E-state index is -0.186. The Labute approximate surface area is 178 Å². The van der Waals surface area contributed by atoms with Crippen LogP contribution in [0.1, 0.15) is 54.9 Å². The number of guanidine groups is 1. The first-order valence-corrected chi connectivity index (χ1v) is 9.18. The van der Waals surface area contributed by atoms with Gasteiger partial charge >= 0.3 is 0 Å². The largest absolute Gasteiger partial charge is 0.352 e. The predicted molar refractivity (Wildman–Crippen MR) is 120 cm³/mol. The van der Waals surface area contributed by atoms with E-state index in [0.717, 1.165) is 24.1 Å². The van der Waals surface area contributed by atoms with E-state index in [-0.39, 0.29) is 35.8 Å². The van der Waals surface area contributed by atoms with Crippen LogP contribution < -0.4 is 10.6 Å². The first-order chi connectivity index (χ1) is 12.4. The van der Waals surface area contributed by atoms with Gasteiger partial charge in [-0.25, -0.2) is 4.39 Å². The van der Waals surface area contributed by atoms with Gasteiger partial charge in [-0.2, -0.15) is 5.10 Å². The van der Waals surface area contributed by atoms with Crippen LogP contribution in [0.25, 0.3) is 0 Å². The quantitative estimate of drug-likeness (QED) is 0.368. The first-order valence-electron chi connectivity index (χ1n) is 9.18. The predicted octanol–water partition coefficient (Wildman–Crippen LogP) is 4.04. The molecule has 1 unspecified atom stereocenters. The number of aliphatic imine (C=N–C) groups is 1. The number of halogens is 2. The lowest BCUT2D eigenvalue weighted by Crippen LogP contribution is -2.38. The van der Waals surface area contributed by atoms with Crippen molar-refractivity contribution in [3.63, 3.8) is 0 Å². The fraction of sp³-hybridized carbons (Fsp3) is 0.500. The average molecular weight is 487 g/mol. The highest BCUT2D eigenvalue weighted by Gasteiger charge is 2.15. The minimum absolute atomic E-state index is 0. The maximum Gasteiger partial charge on any atom is 0.191 e. The Morgan fingerprint density at radius 2 is 2.00 bits per heavy atom. The van der Waals surface area contributed by atoms with Gasteiger partial charge in [0.25, 0.3) is 0 Å². The van der Waals surface area contributed by atoms with Crippen molar-refractivity contribution >= 4 is 29.9 Å². The fourth-order valence-electron chi connectivity index (χ4n) is 3.13. The van der Waals surface area contributed by atoms with Crippen LogP contribution in [0, 0.1) is 12.7 Å². The summed E-state index contributed by atoms with van der Waals surface area (Å²) in [4.78, 5) is 4.30. The summed E-state index contributed by atoms with van der Waals surface area (Å²) in [5.41, 5.74) is 5.12. The third-order valence-electron chi connectivity index (χ3n) is 4.73. The molecule has 1 aromatic carbocycles. The molecular weight excluding hydrogens is 456 g/mol. The van der Waals surface area contributed by atoms with Crippen LogP contribution in [0.15, 0.2) is 23.2 Å². The number of benzene rings is 1. The summed E-state index contributed by atoms with van der Waals surface area (Å²) in [5.74, 6) is 0.501. The second-order valence-electron chi connectivity index (χ2n) is 6.50. The lowest BCUT2D eigenvalue weighted by atomic mass is 10.1. The summed E-state index contributed by atoms with van der Waals surface area (Å²) in [6.07, 6.45) is 1.83. The van der Waals surface area contributed by atoms with E-state index in [2.05, 4.69) is 34.6 Å². The van der Waals surface area contributed by atoms with E-state index in [1.807, 2.05) is 24.7 Å². The van der Waals surface area contributed by atoms with Crippen molar-refractivity contribution in [1.82, 2.24) is 20.4 Å². The molecule has 2 N–H and O–H groups in total. The Morgan fingerprint density at radius 3 is 2.56 bits per heavy atom. The summed E-state index contributed by atoms with van der Waals surface area (Å²) in [5, 5.41) is 11.3. The van der Waals surface area contributed by atoms with Crippen LogP contribution in [-0.4, -0.2) is 22.8 Å². The number of hydrogen-bond acceptors (Lipinski definition) is 2. The van der Waals surface area contributed by atoms with Gasteiger partial charge in [0, 0.05) is 31.9 Å². The zero-order valence-corrected chi connectivity index (χ0v) is 19.4. The number of nitrogens with zero attached hydrogens (tertiary/aromatic N) is 3. The molecule has 0 aliphatic rings. The van der Waals surface area contributed by atoms with E-state index in [9.17, 15) is 4.39 Å². The molecule has 0 spiro atoms. The summed E-state index contributed by atoms with van der Waals surface area (Å²) in [6, 6.07) is 5.26. The standard InChI is InChI=1S/C20H30FN5.HI/c1-7-18-16(19(8-2)26(6)25-18)12-23-20(22-5)24-14(4)15-10-9-13(3)17(21)11-15;/h9-11,14H,7-8,12H2,1-6H3,(H2,22,23,24);1H. The Morgan fingerprint density at radius 1 is 1.30 bits per heavy atom. The maximum absolute atomic E-state index is 13.8. The lowest BCUT2D eigenvalue weighted by Gasteiger charge is -2.19. The van der Waals surface area contributed by atoms with Gasteiger partial charge in [0.1, 0.15) is 5.82 Å². The molecule has 0 radical (unpaired) electrons. The molecule has 27 heavy (non-hydrogen) atoms. The van der Waals surface area contributed by atoms with Crippen LogP contribution in [0.4, 0.5) is 4.39 Å². The van der Waals surface area contributed by atoms with Gasteiger partial charge in [-0.05, 0) is 43.9 Å². The van der Waals surface area contributed by atoms with Gasteiger partial charge in [0.05, 0.1) is 11.7 Å². The van der Waals surface area contributed by atoms with Crippen molar-refractivity contribution < 1.29 is 4.39 Å². The topological polar surface area (TPSA) is 54.2 Å². The van der Waals surface area contributed by atoms with E-state index in [1.165, 1.54) is 11.3 Å². The normalized spacial score (nSPS) is 12.5. The molecule has 7 heteroatoms. The highest BCUT2D eigenvalue weighted by molar-refractivity contribution is 14.0. The average Bonchev–Trinajstić information content (AvgIpc) is 2.95. The van der Waals surface area contributed by atoms with Gasteiger partial charge in [-0.3, -0.25) is 9.67 Å². The van der Waals surface area contributed by atoms with E-state index in [1.54, 1.807) is 26.1 Å². The molecule has 0 saturated carbocycles. The zero-order valence-electron chi connectivity index (χ0n) is 17.1. The maximum atomic E-state index is 13.8. The van der Waals surface area contributed by atoms with Gasteiger partial charge in [-0.15, -0.1) is 24.0 Å². The molecule has 0 aliphatic heterocycles. The molecule has 2 rings (SSSR count). The zero-order chi connectivity index (χ0) is 19.3. The summed E-state index contributed by atoms with van der Waals surface area (Å²) < 4.78 is 15.8. The Bertz CT molecular complexity index is 785. The summed E-state index contributed by atoms with van der Waals surface area (Å²) in [7, 11) is 3.73. The monoisotopic (exact) mass is 487 g/mol. The van der Waals surface area contributed by atoms with Gasteiger partial charge in [-0.1, -0.05) is 26.0 Å². The van der Waals surface area contributed by atoms with Gasteiger partial charge < -0.3 is 10.6 Å². The molecule has 1 aromatic heterocycles. The number of aryl methyl sites for hydroxylation is 3. The third-order valence-corrected chi connectivity index (χ3v) is 4.73. The first kappa shape index (κ1) is 23.4. The minimum Gasteiger partial charge on any atom is -0.352 e. The third kappa shape index (κ3) is 5.67. The number of aromatic nitrogens is 2. The van der Waals surface area contributed by atoms with Crippen LogP contribution in [-0.2, 0) is 26.4 Å². The van der Waals surface area contributed by atoms with Crippen LogP contribution >= 0.6 is 24.0 Å². The van der Waals surface area contributed by atoms with Crippen molar-refractivity contribution in [3.8, 4) is 0 Å². The molecular formula is C20H31FIN5. The number of nitrogens with one attached hydrogen (secondary N) is 2. The Kier molecular flexibility index (Phi) is 9.21. The highest BCUT2D eigenvalue weighted by Crippen LogP contribution is 2.17. The van der Waals surface area contributed by atoms with Crippen molar-refractivity contribution in [1.29, 1.82) is 0 Å². The van der Waals surface area contributed by atoms with E-state index < -0.39 is 0 Å². The molecule has 2 aromatic rings. The summed E-state index contributed by atoms with van der Waals surface area (Å²) in [6.45, 7) is 8.68. The molecule has 0 aliphatic carbocycles. The molecule has 1 atom stereocenters. The van der Waals surface area contributed by atoms with Gasteiger partial charge in [0.15, 0.2) is 5.96 Å². The molecule has 150 valence electrons. The molecule has 0 amide bonds. The molecule has 5 nitrogen and oxygen atoms in total. The Hall–Kier alpha value is -1.64. The van der Waals surface area contributed by atoms with Crippen LogP contribution in [0.5, 0.6) is 0 Å². The van der Waals surface area contributed by atoms with Crippen molar-refractivity contribution in [2.75, 3.05) is 7.05 Å². The second-order valence-corrected chi connectivity index (χ2v) is 6.50. The summed E-state index contributed by atoms with van der Waals surface area (Å²) >= 11 is 0. The van der Waals surface area contributed by atoms with Crippen molar-refractivity contribution in [2.45, 2.75) is 53.1 Å². The van der Waals surface area contributed by atoms with E-state index in [4.69, 9.17) is 0 Å².